The number of primary amides is 1. The molecule has 0 saturated heterocycles. The molecule has 0 fully saturated rings. The van der Waals surface area contributed by atoms with Crippen molar-refractivity contribution in [3.05, 3.63) is 70.5 Å². The Bertz CT molecular complexity index is 1140. The summed E-state index contributed by atoms with van der Waals surface area (Å²) in [5.74, 6) is -0.300. The summed E-state index contributed by atoms with van der Waals surface area (Å²) in [5, 5.41) is 0.677. The average Bonchev–Trinajstić information content (AvgIpc) is 2.84. The predicted octanol–water partition coefficient (Wildman–Crippen LogP) is 7.10. The van der Waals surface area contributed by atoms with Gasteiger partial charge in [-0.3, -0.25) is 9.59 Å². The summed E-state index contributed by atoms with van der Waals surface area (Å²) in [5.41, 5.74) is 8.60. The van der Waals surface area contributed by atoms with Gasteiger partial charge in [0.25, 0.3) is 0 Å². The molecule has 2 aromatic carbocycles. The van der Waals surface area contributed by atoms with Crippen LogP contribution in [-0.2, 0) is 10.3 Å². The molecule has 4 heteroatoms. The Hall–Kier alpha value is -2.88. The third kappa shape index (κ3) is 5.43. The van der Waals surface area contributed by atoms with Crippen LogP contribution in [0.2, 0.25) is 0 Å². The number of hydrogen-bond donors (Lipinski definition) is 1. The maximum absolute atomic E-state index is 13.7. The van der Waals surface area contributed by atoms with Crippen LogP contribution in [0.15, 0.2) is 59.5 Å². The fraction of sp³-hybridized carbons (Fsp3) is 0.467. The number of carbonyl (C=O) groups excluding carboxylic acids is 1. The number of unbranched alkanes of at least 4 members (excludes halogenated alkanes) is 6. The van der Waals surface area contributed by atoms with Crippen LogP contribution in [0.1, 0.15) is 83.6 Å². The first kappa shape index (κ1) is 25.7. The lowest BCUT2D eigenvalue weighted by atomic mass is 9.84. The molecule has 34 heavy (non-hydrogen) atoms. The highest BCUT2D eigenvalue weighted by molar-refractivity contribution is 5.90. The van der Waals surface area contributed by atoms with Crippen molar-refractivity contribution in [1.29, 1.82) is 0 Å². The van der Waals surface area contributed by atoms with E-state index in [9.17, 15) is 9.59 Å². The number of aromatic nitrogens is 1. The number of benzene rings is 2. The molecule has 2 N–H and O–H groups in total. The Kier molecular flexibility index (Phi) is 9.09. The van der Waals surface area contributed by atoms with Gasteiger partial charge >= 0.3 is 0 Å². The first-order chi connectivity index (χ1) is 16.5. The zero-order chi connectivity index (χ0) is 24.6. The normalized spacial score (nSPS) is 11.7. The standard InChI is InChI=1S/C30H40N2O2/c1-4-6-8-13-20-30(29(31)34,21-14-9-7-5-2)32-22-25(24-17-11-10-12-18-24)28(33)27-23(3)16-15-19-26(27)32/h10-12,15-19,22H,4-9,13-14,20-21H2,1-3H3,(H2,31,34). The molecule has 1 aromatic heterocycles. The molecule has 1 amide bonds. The van der Waals surface area contributed by atoms with E-state index in [1.807, 2.05) is 61.7 Å². The lowest BCUT2D eigenvalue weighted by molar-refractivity contribution is -0.127. The van der Waals surface area contributed by atoms with E-state index in [1.54, 1.807) is 0 Å². The monoisotopic (exact) mass is 460 g/mol. The molecular weight excluding hydrogens is 420 g/mol. The summed E-state index contributed by atoms with van der Waals surface area (Å²) in [6, 6.07) is 15.7. The van der Waals surface area contributed by atoms with Gasteiger partial charge in [0, 0.05) is 17.1 Å². The van der Waals surface area contributed by atoms with Crippen LogP contribution in [0.25, 0.3) is 22.0 Å². The molecule has 0 radical (unpaired) electrons. The number of amides is 1. The van der Waals surface area contributed by atoms with Gasteiger partial charge in [-0.1, -0.05) is 108 Å². The summed E-state index contributed by atoms with van der Waals surface area (Å²) < 4.78 is 2.07. The highest BCUT2D eigenvalue weighted by Crippen LogP contribution is 2.35. The van der Waals surface area contributed by atoms with Crippen LogP contribution in [0.3, 0.4) is 0 Å². The van der Waals surface area contributed by atoms with Gasteiger partial charge < -0.3 is 10.3 Å². The third-order valence-corrected chi connectivity index (χ3v) is 7.13. The minimum Gasteiger partial charge on any atom is -0.368 e. The van der Waals surface area contributed by atoms with Gasteiger partial charge in [-0.2, -0.15) is 0 Å². The number of nitrogens with two attached hydrogens (primary N) is 1. The Labute approximate surface area is 204 Å². The molecule has 0 aliphatic carbocycles. The minimum atomic E-state index is -0.856. The zero-order valence-electron chi connectivity index (χ0n) is 21.1. The minimum absolute atomic E-state index is 0.00545. The zero-order valence-corrected chi connectivity index (χ0v) is 21.1. The highest BCUT2D eigenvalue weighted by Gasteiger charge is 2.38. The predicted molar refractivity (Wildman–Crippen MR) is 143 cm³/mol. The van der Waals surface area contributed by atoms with Crippen molar-refractivity contribution in [2.45, 2.75) is 90.5 Å². The molecule has 3 rings (SSSR count). The Morgan fingerprint density at radius 1 is 0.853 bits per heavy atom. The van der Waals surface area contributed by atoms with E-state index in [0.717, 1.165) is 68.0 Å². The number of pyridine rings is 1. The highest BCUT2D eigenvalue weighted by atomic mass is 16.1. The lowest BCUT2D eigenvalue weighted by Gasteiger charge is -2.36. The van der Waals surface area contributed by atoms with Gasteiger partial charge in [-0.25, -0.2) is 0 Å². The van der Waals surface area contributed by atoms with Crippen molar-refractivity contribution in [2.75, 3.05) is 0 Å². The van der Waals surface area contributed by atoms with Crippen molar-refractivity contribution in [2.24, 2.45) is 5.73 Å². The Balaban J connectivity index is 2.27. The SMILES string of the molecule is CCCCCCC(CCCCCC)(C(N)=O)n1cc(-c2ccccc2)c(=O)c2c(C)cccc21. The van der Waals surface area contributed by atoms with E-state index in [-0.39, 0.29) is 11.3 Å². The number of fused-ring (bicyclic) bond motifs is 1. The first-order valence-corrected chi connectivity index (χ1v) is 13.0. The van der Waals surface area contributed by atoms with Crippen LogP contribution >= 0.6 is 0 Å². The number of rotatable bonds is 13. The van der Waals surface area contributed by atoms with Crippen LogP contribution < -0.4 is 11.2 Å². The summed E-state index contributed by atoms with van der Waals surface area (Å²) >= 11 is 0. The number of nitrogens with zero attached hydrogens (tertiary/aromatic N) is 1. The van der Waals surface area contributed by atoms with Gasteiger partial charge in [0.2, 0.25) is 5.91 Å². The topological polar surface area (TPSA) is 65.1 Å². The van der Waals surface area contributed by atoms with Crippen LogP contribution in [0.4, 0.5) is 0 Å². The molecule has 1 heterocycles. The van der Waals surface area contributed by atoms with Gasteiger partial charge in [0.15, 0.2) is 5.43 Å². The second kappa shape index (κ2) is 12.0. The van der Waals surface area contributed by atoms with Crippen LogP contribution in [-0.4, -0.2) is 10.5 Å². The average molecular weight is 461 g/mol. The van der Waals surface area contributed by atoms with Crippen LogP contribution in [0, 0.1) is 6.92 Å². The fourth-order valence-corrected chi connectivity index (χ4v) is 5.14. The Morgan fingerprint density at radius 2 is 1.47 bits per heavy atom. The largest absolute Gasteiger partial charge is 0.368 e. The van der Waals surface area contributed by atoms with E-state index in [4.69, 9.17) is 5.73 Å². The molecular formula is C30H40N2O2. The summed E-state index contributed by atoms with van der Waals surface area (Å²) in [7, 11) is 0. The summed E-state index contributed by atoms with van der Waals surface area (Å²) in [4.78, 5) is 27.0. The van der Waals surface area contributed by atoms with E-state index in [1.165, 1.54) is 0 Å². The smallest absolute Gasteiger partial charge is 0.243 e. The number of carbonyl (C=O) groups is 1. The molecule has 0 saturated carbocycles. The van der Waals surface area contributed by atoms with Gasteiger partial charge in [-0.05, 0) is 37.0 Å². The van der Waals surface area contributed by atoms with E-state index < -0.39 is 5.54 Å². The second-order valence-corrected chi connectivity index (χ2v) is 9.59. The summed E-state index contributed by atoms with van der Waals surface area (Å²) in [6.45, 7) is 6.35. The van der Waals surface area contributed by atoms with Crippen molar-refractivity contribution in [3.8, 4) is 11.1 Å². The molecule has 3 aromatic rings. The molecule has 182 valence electrons. The molecule has 0 aliphatic rings. The fourth-order valence-electron chi connectivity index (χ4n) is 5.14. The van der Waals surface area contributed by atoms with Gasteiger partial charge in [0.05, 0.1) is 5.52 Å². The second-order valence-electron chi connectivity index (χ2n) is 9.59. The maximum Gasteiger partial charge on any atom is 0.243 e. The molecule has 0 unspecified atom stereocenters. The van der Waals surface area contributed by atoms with Crippen molar-refractivity contribution in [3.63, 3.8) is 0 Å². The maximum atomic E-state index is 13.7. The van der Waals surface area contributed by atoms with Crippen LogP contribution in [0.5, 0.6) is 0 Å². The van der Waals surface area contributed by atoms with Gasteiger partial charge in [-0.15, -0.1) is 0 Å². The molecule has 0 aliphatic heterocycles. The third-order valence-electron chi connectivity index (χ3n) is 7.13. The molecule has 0 bridgehead atoms. The molecule has 0 atom stereocenters. The van der Waals surface area contributed by atoms with Crippen molar-refractivity contribution in [1.82, 2.24) is 4.57 Å². The van der Waals surface area contributed by atoms with E-state index in [0.29, 0.717) is 23.8 Å². The lowest BCUT2D eigenvalue weighted by Crippen LogP contribution is -2.47. The number of aryl methyl sites for hydroxylation is 1. The van der Waals surface area contributed by atoms with E-state index >= 15 is 0 Å². The van der Waals surface area contributed by atoms with Crippen molar-refractivity contribution >= 4 is 16.8 Å². The van der Waals surface area contributed by atoms with Crippen molar-refractivity contribution < 1.29 is 4.79 Å². The molecule has 4 nitrogen and oxygen atoms in total. The Morgan fingerprint density at radius 3 is 2.03 bits per heavy atom. The number of hydrogen-bond acceptors (Lipinski definition) is 2. The summed E-state index contributed by atoms with van der Waals surface area (Å²) in [6.07, 6.45) is 11.9. The van der Waals surface area contributed by atoms with E-state index in [2.05, 4.69) is 18.4 Å². The first-order valence-electron chi connectivity index (χ1n) is 13.0. The quantitative estimate of drug-likeness (QED) is 0.276. The molecule has 0 spiro atoms. The van der Waals surface area contributed by atoms with Gasteiger partial charge in [0.1, 0.15) is 5.54 Å².